The van der Waals surface area contributed by atoms with Crippen LogP contribution in [0.3, 0.4) is 0 Å². The maximum atomic E-state index is 13.0. The van der Waals surface area contributed by atoms with Crippen LogP contribution in [0.1, 0.15) is 12.0 Å². The van der Waals surface area contributed by atoms with Crippen LogP contribution in [0.25, 0.3) is 0 Å². The second-order valence-corrected chi connectivity index (χ2v) is 4.67. The minimum absolute atomic E-state index is 0.0390. The minimum atomic E-state index is -0.468. The van der Waals surface area contributed by atoms with E-state index in [2.05, 4.69) is 6.07 Å². The highest BCUT2D eigenvalue weighted by Gasteiger charge is 2.02. The Kier molecular flexibility index (Phi) is 5.42. The van der Waals surface area contributed by atoms with Gasteiger partial charge in [0.2, 0.25) is 0 Å². The van der Waals surface area contributed by atoms with Gasteiger partial charge in [-0.15, -0.1) is 0 Å². The zero-order chi connectivity index (χ0) is 15.1. The topological polar surface area (TPSA) is 42.2 Å². The van der Waals surface area contributed by atoms with Crippen molar-refractivity contribution < 1.29 is 13.9 Å². The van der Waals surface area contributed by atoms with Gasteiger partial charge < -0.3 is 9.47 Å². The third kappa shape index (κ3) is 4.66. The molecule has 0 atom stereocenters. The summed E-state index contributed by atoms with van der Waals surface area (Å²) in [6, 6.07) is 13.2. The first-order chi connectivity index (χ1) is 10.2. The van der Waals surface area contributed by atoms with Crippen LogP contribution in [0, 0.1) is 17.1 Å². The summed E-state index contributed by atoms with van der Waals surface area (Å²) < 4.78 is 23.9. The molecule has 0 radical (unpaired) electrons. The van der Waals surface area contributed by atoms with E-state index in [0.717, 1.165) is 0 Å². The lowest BCUT2D eigenvalue weighted by molar-refractivity contribution is 0.247. The summed E-state index contributed by atoms with van der Waals surface area (Å²) in [6.07, 6.45) is 0.659. The Morgan fingerprint density at radius 3 is 2.43 bits per heavy atom. The predicted octanol–water partition coefficient (Wildman–Crippen LogP) is 4.20. The van der Waals surface area contributed by atoms with Gasteiger partial charge in [0.15, 0.2) is 0 Å². The fraction of sp³-hybridized carbons (Fsp3) is 0.188. The Morgan fingerprint density at radius 2 is 1.76 bits per heavy atom. The van der Waals surface area contributed by atoms with Crippen LogP contribution in [-0.2, 0) is 0 Å². The Morgan fingerprint density at radius 1 is 1.05 bits per heavy atom. The van der Waals surface area contributed by atoms with Gasteiger partial charge in [-0.05, 0) is 30.3 Å². The van der Waals surface area contributed by atoms with Crippen LogP contribution in [0.15, 0.2) is 42.5 Å². The highest BCUT2D eigenvalue weighted by atomic mass is 35.5. The second-order valence-electron chi connectivity index (χ2n) is 4.27. The average Bonchev–Trinajstić information content (AvgIpc) is 2.50. The molecule has 0 aliphatic carbocycles. The molecule has 0 fully saturated rings. The molecule has 0 aliphatic heterocycles. The van der Waals surface area contributed by atoms with Gasteiger partial charge in [0.05, 0.1) is 29.9 Å². The maximum Gasteiger partial charge on any atom is 0.142 e. The number of rotatable bonds is 6. The van der Waals surface area contributed by atoms with E-state index in [1.807, 2.05) is 0 Å². The molecule has 2 aromatic carbocycles. The summed E-state index contributed by atoms with van der Waals surface area (Å²) in [4.78, 5) is 0. The molecule has 0 saturated heterocycles. The lowest BCUT2D eigenvalue weighted by Crippen LogP contribution is -2.05. The van der Waals surface area contributed by atoms with E-state index in [9.17, 15) is 4.39 Å². The van der Waals surface area contributed by atoms with E-state index in [1.54, 1.807) is 24.3 Å². The highest BCUT2D eigenvalue weighted by Crippen LogP contribution is 2.21. The number of benzene rings is 2. The molecule has 0 bridgehead atoms. The van der Waals surface area contributed by atoms with Gasteiger partial charge in [-0.1, -0.05) is 17.7 Å². The van der Waals surface area contributed by atoms with Crippen molar-refractivity contribution in [1.29, 1.82) is 5.26 Å². The quantitative estimate of drug-likeness (QED) is 0.751. The van der Waals surface area contributed by atoms with Crippen molar-refractivity contribution in [3.8, 4) is 17.6 Å². The van der Waals surface area contributed by atoms with Crippen LogP contribution in [-0.4, -0.2) is 13.2 Å². The van der Waals surface area contributed by atoms with Gasteiger partial charge in [-0.2, -0.15) is 5.26 Å². The van der Waals surface area contributed by atoms with Crippen molar-refractivity contribution in [3.05, 3.63) is 58.9 Å². The number of hydrogen-bond acceptors (Lipinski definition) is 3. The molecule has 108 valence electrons. The maximum absolute atomic E-state index is 13.0. The molecule has 0 unspecified atom stereocenters. The van der Waals surface area contributed by atoms with Crippen molar-refractivity contribution in [1.82, 2.24) is 0 Å². The zero-order valence-corrected chi connectivity index (χ0v) is 11.9. The first-order valence-electron chi connectivity index (χ1n) is 6.40. The highest BCUT2D eigenvalue weighted by molar-refractivity contribution is 6.30. The van der Waals surface area contributed by atoms with E-state index in [1.165, 1.54) is 18.2 Å². The molecule has 0 aromatic heterocycles. The molecule has 0 saturated carbocycles. The first kappa shape index (κ1) is 15.1. The monoisotopic (exact) mass is 305 g/mol. The Balaban J connectivity index is 1.72. The largest absolute Gasteiger partial charge is 0.493 e. The van der Waals surface area contributed by atoms with E-state index in [0.29, 0.717) is 36.7 Å². The number of ether oxygens (including phenoxy) is 2. The van der Waals surface area contributed by atoms with Gasteiger partial charge in [-0.25, -0.2) is 4.39 Å². The number of halogens is 2. The SMILES string of the molecule is N#Cc1cccc(OCCCOc2ccc(F)c(Cl)c2)c1. The molecular formula is C16H13ClFNO2. The van der Waals surface area contributed by atoms with Crippen molar-refractivity contribution in [3.63, 3.8) is 0 Å². The van der Waals surface area contributed by atoms with Crippen molar-refractivity contribution in [2.24, 2.45) is 0 Å². The Labute approximate surface area is 127 Å². The van der Waals surface area contributed by atoms with Gasteiger partial charge in [0.1, 0.15) is 17.3 Å². The van der Waals surface area contributed by atoms with Crippen LogP contribution >= 0.6 is 11.6 Å². The summed E-state index contributed by atoms with van der Waals surface area (Å²) in [7, 11) is 0. The van der Waals surface area contributed by atoms with Crippen LogP contribution in [0.5, 0.6) is 11.5 Å². The molecule has 0 amide bonds. The van der Waals surface area contributed by atoms with Gasteiger partial charge >= 0.3 is 0 Å². The van der Waals surface area contributed by atoms with Crippen molar-refractivity contribution >= 4 is 11.6 Å². The second kappa shape index (κ2) is 7.51. The van der Waals surface area contributed by atoms with Crippen molar-refractivity contribution in [2.75, 3.05) is 13.2 Å². The van der Waals surface area contributed by atoms with Crippen molar-refractivity contribution in [2.45, 2.75) is 6.42 Å². The van der Waals surface area contributed by atoms with E-state index < -0.39 is 5.82 Å². The van der Waals surface area contributed by atoms with Gasteiger partial charge in [0.25, 0.3) is 0 Å². The third-order valence-electron chi connectivity index (χ3n) is 2.68. The lowest BCUT2D eigenvalue weighted by Gasteiger charge is -2.08. The summed E-state index contributed by atoms with van der Waals surface area (Å²) in [5, 5.41) is 8.82. The van der Waals surface area contributed by atoms with E-state index >= 15 is 0 Å². The van der Waals surface area contributed by atoms with Crippen LogP contribution < -0.4 is 9.47 Å². The summed E-state index contributed by atoms with van der Waals surface area (Å²) in [5.74, 6) is 0.705. The molecule has 0 heterocycles. The lowest BCUT2D eigenvalue weighted by atomic mass is 10.2. The first-order valence-corrected chi connectivity index (χ1v) is 6.77. The zero-order valence-electron chi connectivity index (χ0n) is 11.2. The van der Waals surface area contributed by atoms with E-state index in [-0.39, 0.29) is 5.02 Å². The number of hydrogen-bond donors (Lipinski definition) is 0. The molecule has 5 heteroatoms. The molecule has 0 N–H and O–H groups in total. The third-order valence-corrected chi connectivity index (χ3v) is 2.97. The normalized spacial score (nSPS) is 9.95. The molecule has 2 aromatic rings. The standard InChI is InChI=1S/C16H13ClFNO2/c17-15-10-14(5-6-16(15)18)21-8-2-7-20-13-4-1-3-12(9-13)11-19/h1,3-6,9-10H,2,7-8H2. The Bertz CT molecular complexity index is 655. The summed E-state index contributed by atoms with van der Waals surface area (Å²) in [5.41, 5.74) is 0.560. The van der Waals surface area contributed by atoms with Gasteiger partial charge in [0, 0.05) is 12.5 Å². The summed E-state index contributed by atoms with van der Waals surface area (Å²) in [6.45, 7) is 0.893. The Hall–Kier alpha value is -2.25. The molecule has 2 rings (SSSR count). The fourth-order valence-corrected chi connectivity index (χ4v) is 1.83. The van der Waals surface area contributed by atoms with Crippen LogP contribution in [0.4, 0.5) is 4.39 Å². The fourth-order valence-electron chi connectivity index (χ4n) is 1.66. The molecule has 21 heavy (non-hydrogen) atoms. The van der Waals surface area contributed by atoms with Gasteiger partial charge in [-0.3, -0.25) is 0 Å². The van der Waals surface area contributed by atoms with E-state index in [4.69, 9.17) is 26.3 Å². The molecule has 0 spiro atoms. The average molecular weight is 306 g/mol. The smallest absolute Gasteiger partial charge is 0.142 e. The molecule has 3 nitrogen and oxygen atoms in total. The number of nitrogens with zero attached hydrogens (tertiary/aromatic N) is 1. The predicted molar refractivity (Wildman–Crippen MR) is 78.2 cm³/mol. The van der Waals surface area contributed by atoms with Crippen LogP contribution in [0.2, 0.25) is 5.02 Å². The molecular weight excluding hydrogens is 293 g/mol. The summed E-state index contributed by atoms with van der Waals surface area (Å²) >= 11 is 5.66. The number of nitriles is 1. The minimum Gasteiger partial charge on any atom is -0.493 e. The molecule has 0 aliphatic rings.